The van der Waals surface area contributed by atoms with Gasteiger partial charge in [-0.25, -0.2) is 4.79 Å². The van der Waals surface area contributed by atoms with Gasteiger partial charge in [0.25, 0.3) is 0 Å². The lowest BCUT2D eigenvalue weighted by atomic mass is 10.1. The molecular formula is C14H21N3O3. The number of esters is 1. The third kappa shape index (κ3) is 3.63. The van der Waals surface area contributed by atoms with Crippen molar-refractivity contribution in [3.63, 3.8) is 0 Å². The van der Waals surface area contributed by atoms with E-state index in [9.17, 15) is 9.59 Å². The zero-order valence-corrected chi connectivity index (χ0v) is 12.2. The summed E-state index contributed by atoms with van der Waals surface area (Å²) in [5.41, 5.74) is 7.93. The molecule has 1 amide bonds. The Balaban J connectivity index is 2.99. The normalized spacial score (nSPS) is 11.6. The molecule has 0 aromatic heterocycles. The number of amides is 1. The molecule has 0 spiro atoms. The number of methoxy groups -OCH3 is 1. The van der Waals surface area contributed by atoms with E-state index in [1.165, 1.54) is 7.11 Å². The molecule has 1 rings (SSSR count). The first kappa shape index (κ1) is 15.8. The van der Waals surface area contributed by atoms with Crippen LogP contribution in [-0.4, -0.2) is 31.6 Å². The van der Waals surface area contributed by atoms with Gasteiger partial charge in [0, 0.05) is 17.9 Å². The number of hydrogen-bond donors (Lipinski definition) is 3. The number of anilines is 2. The summed E-state index contributed by atoms with van der Waals surface area (Å²) in [6.45, 7) is 5.96. The Kier molecular flexibility index (Phi) is 5.37. The summed E-state index contributed by atoms with van der Waals surface area (Å²) >= 11 is 0. The molecule has 0 bridgehead atoms. The molecule has 6 heteroatoms. The molecule has 6 nitrogen and oxygen atoms in total. The van der Waals surface area contributed by atoms with Crippen LogP contribution in [0.1, 0.15) is 29.8 Å². The van der Waals surface area contributed by atoms with Gasteiger partial charge in [-0.2, -0.15) is 0 Å². The van der Waals surface area contributed by atoms with Crippen molar-refractivity contribution in [2.75, 3.05) is 24.7 Å². The lowest BCUT2D eigenvalue weighted by molar-refractivity contribution is -0.121. The molecular weight excluding hydrogens is 258 g/mol. The second kappa shape index (κ2) is 6.79. The molecule has 0 aliphatic rings. The molecule has 0 saturated carbocycles. The van der Waals surface area contributed by atoms with Crippen molar-refractivity contribution in [1.29, 1.82) is 0 Å². The van der Waals surface area contributed by atoms with Crippen LogP contribution >= 0.6 is 0 Å². The topological polar surface area (TPSA) is 93.5 Å². The highest BCUT2D eigenvalue weighted by Crippen LogP contribution is 2.24. The first-order valence-electron chi connectivity index (χ1n) is 6.43. The number of benzene rings is 1. The molecule has 20 heavy (non-hydrogen) atoms. The minimum Gasteiger partial charge on any atom is -0.465 e. The van der Waals surface area contributed by atoms with Crippen LogP contribution in [-0.2, 0) is 9.53 Å². The second-order valence-electron chi connectivity index (χ2n) is 4.51. The first-order valence-corrected chi connectivity index (χ1v) is 6.43. The maximum Gasteiger partial charge on any atom is 0.340 e. The molecule has 1 aromatic carbocycles. The van der Waals surface area contributed by atoms with Gasteiger partial charge in [-0.15, -0.1) is 0 Å². The molecule has 0 saturated heterocycles. The highest BCUT2D eigenvalue weighted by molar-refractivity contribution is 5.97. The third-order valence-electron chi connectivity index (χ3n) is 2.92. The smallest absolute Gasteiger partial charge is 0.340 e. The highest BCUT2D eigenvalue weighted by atomic mass is 16.5. The zero-order valence-electron chi connectivity index (χ0n) is 12.2. The van der Waals surface area contributed by atoms with Crippen LogP contribution in [0.4, 0.5) is 11.4 Å². The Labute approximate surface area is 118 Å². The van der Waals surface area contributed by atoms with Crippen molar-refractivity contribution in [1.82, 2.24) is 5.32 Å². The van der Waals surface area contributed by atoms with Gasteiger partial charge in [0.1, 0.15) is 6.04 Å². The minimum absolute atomic E-state index is 0.110. The van der Waals surface area contributed by atoms with Crippen LogP contribution in [0, 0.1) is 6.92 Å². The molecule has 110 valence electrons. The van der Waals surface area contributed by atoms with Crippen molar-refractivity contribution in [2.45, 2.75) is 26.8 Å². The van der Waals surface area contributed by atoms with E-state index in [1.807, 2.05) is 6.92 Å². The number of likely N-dealkylation sites (N-methyl/N-ethyl adjacent to an activating group) is 1. The average Bonchev–Trinajstić information content (AvgIpc) is 2.41. The molecule has 0 aliphatic carbocycles. The monoisotopic (exact) mass is 279 g/mol. The summed E-state index contributed by atoms with van der Waals surface area (Å²) in [6.07, 6.45) is 0. The van der Waals surface area contributed by atoms with Crippen molar-refractivity contribution < 1.29 is 14.3 Å². The van der Waals surface area contributed by atoms with Crippen molar-refractivity contribution >= 4 is 23.3 Å². The highest BCUT2D eigenvalue weighted by Gasteiger charge is 2.16. The van der Waals surface area contributed by atoms with E-state index in [-0.39, 0.29) is 11.5 Å². The number of nitrogens with one attached hydrogen (secondary N) is 2. The predicted molar refractivity (Wildman–Crippen MR) is 78.7 cm³/mol. The SMILES string of the molecule is CCNC(=O)C(C)Nc1cc(C)c(N)c(C(=O)OC)c1. The number of aryl methyl sites for hydroxylation is 1. The maximum absolute atomic E-state index is 11.7. The van der Waals surface area contributed by atoms with E-state index < -0.39 is 12.0 Å². The molecule has 0 fully saturated rings. The standard InChI is InChI=1S/C14H21N3O3/c1-5-16-13(18)9(3)17-10-6-8(2)12(15)11(7-10)14(19)20-4/h6-7,9,17H,5,15H2,1-4H3,(H,16,18). The van der Waals surface area contributed by atoms with E-state index in [4.69, 9.17) is 10.5 Å². The van der Waals surface area contributed by atoms with Gasteiger partial charge >= 0.3 is 5.97 Å². The predicted octanol–water partition coefficient (Wildman–Crippen LogP) is 1.30. The largest absolute Gasteiger partial charge is 0.465 e. The fraction of sp³-hybridized carbons (Fsp3) is 0.429. The second-order valence-corrected chi connectivity index (χ2v) is 4.51. The van der Waals surface area contributed by atoms with E-state index >= 15 is 0 Å². The third-order valence-corrected chi connectivity index (χ3v) is 2.92. The van der Waals surface area contributed by atoms with Gasteiger partial charge in [-0.05, 0) is 38.5 Å². The molecule has 1 unspecified atom stereocenters. The number of nitrogen functional groups attached to an aromatic ring is 1. The van der Waals surface area contributed by atoms with Gasteiger partial charge < -0.3 is 21.1 Å². The van der Waals surface area contributed by atoms with Crippen molar-refractivity contribution in [3.8, 4) is 0 Å². The quantitative estimate of drug-likeness (QED) is 0.558. The molecule has 0 radical (unpaired) electrons. The van der Waals surface area contributed by atoms with Gasteiger partial charge in [0.15, 0.2) is 0 Å². The van der Waals surface area contributed by atoms with Crippen molar-refractivity contribution in [3.05, 3.63) is 23.3 Å². The van der Waals surface area contributed by atoms with Gasteiger partial charge in [0.2, 0.25) is 5.91 Å². The van der Waals surface area contributed by atoms with Crippen LogP contribution in [0.5, 0.6) is 0 Å². The molecule has 1 atom stereocenters. The number of nitrogens with two attached hydrogens (primary N) is 1. The van der Waals surface area contributed by atoms with Gasteiger partial charge in [0.05, 0.1) is 12.7 Å². The first-order chi connectivity index (χ1) is 9.40. The summed E-state index contributed by atoms with van der Waals surface area (Å²) in [4.78, 5) is 23.3. The van der Waals surface area contributed by atoms with E-state index in [1.54, 1.807) is 26.0 Å². The van der Waals surface area contributed by atoms with Crippen LogP contribution in [0.3, 0.4) is 0 Å². The Morgan fingerprint density at radius 1 is 1.40 bits per heavy atom. The minimum atomic E-state index is -0.500. The zero-order chi connectivity index (χ0) is 15.3. The Hall–Kier alpha value is -2.24. The molecule has 1 aromatic rings. The van der Waals surface area contributed by atoms with Crippen molar-refractivity contribution in [2.24, 2.45) is 0 Å². The van der Waals surface area contributed by atoms with E-state index in [0.717, 1.165) is 5.56 Å². The lowest BCUT2D eigenvalue weighted by Crippen LogP contribution is -2.37. The summed E-state index contributed by atoms with van der Waals surface area (Å²) in [6, 6.07) is 2.96. The number of ether oxygens (including phenoxy) is 1. The van der Waals surface area contributed by atoms with E-state index in [0.29, 0.717) is 17.9 Å². The van der Waals surface area contributed by atoms with Crippen LogP contribution in [0.15, 0.2) is 12.1 Å². The molecule has 4 N–H and O–H groups in total. The van der Waals surface area contributed by atoms with Gasteiger partial charge in [-0.3, -0.25) is 4.79 Å². The van der Waals surface area contributed by atoms with E-state index in [2.05, 4.69) is 10.6 Å². The Bertz CT molecular complexity index is 515. The summed E-state index contributed by atoms with van der Waals surface area (Å²) in [5, 5.41) is 5.76. The fourth-order valence-electron chi connectivity index (χ4n) is 1.80. The van der Waals surface area contributed by atoms with Gasteiger partial charge in [-0.1, -0.05) is 0 Å². The number of rotatable bonds is 5. The summed E-state index contributed by atoms with van der Waals surface area (Å²) in [7, 11) is 1.30. The van der Waals surface area contributed by atoms with Crippen LogP contribution < -0.4 is 16.4 Å². The maximum atomic E-state index is 11.7. The average molecular weight is 279 g/mol. The molecule has 0 heterocycles. The molecule has 0 aliphatic heterocycles. The summed E-state index contributed by atoms with van der Waals surface area (Å²) in [5.74, 6) is -0.610. The Morgan fingerprint density at radius 3 is 2.60 bits per heavy atom. The van der Waals surface area contributed by atoms with Crippen LogP contribution in [0.25, 0.3) is 0 Å². The number of hydrogen-bond acceptors (Lipinski definition) is 5. The van der Waals surface area contributed by atoms with Crippen LogP contribution in [0.2, 0.25) is 0 Å². The Morgan fingerprint density at radius 2 is 2.05 bits per heavy atom. The number of carbonyl (C=O) groups is 2. The number of carbonyl (C=O) groups excluding carboxylic acids is 2. The summed E-state index contributed by atoms with van der Waals surface area (Å²) < 4.78 is 4.69. The lowest BCUT2D eigenvalue weighted by Gasteiger charge is -2.17. The fourth-order valence-corrected chi connectivity index (χ4v) is 1.80.